The highest BCUT2D eigenvalue weighted by atomic mass is 32.2. The van der Waals surface area contributed by atoms with Crippen LogP contribution in [0.25, 0.3) is 12.2 Å². The molecular formula is C16H23N5O4S. The van der Waals surface area contributed by atoms with E-state index < -0.39 is 21.7 Å². The number of nitrogens with zero attached hydrogens (tertiary/aromatic N) is 2. The SMILES string of the molecule is Cc1c(S(=O)(=O)NC(N)=NCCCC(=N)C(=O)O)c2c(n1C)=CCCC=2. The maximum atomic E-state index is 12.7. The van der Waals surface area contributed by atoms with Crippen molar-refractivity contribution in [2.45, 2.75) is 37.5 Å². The van der Waals surface area contributed by atoms with E-state index in [1.165, 1.54) is 0 Å². The molecule has 9 nitrogen and oxygen atoms in total. The first-order valence-electron chi connectivity index (χ1n) is 8.14. The fourth-order valence-electron chi connectivity index (χ4n) is 2.84. The quantitative estimate of drug-likeness (QED) is 0.276. The average Bonchev–Trinajstić information content (AvgIpc) is 2.83. The van der Waals surface area contributed by atoms with E-state index in [-0.39, 0.29) is 30.2 Å². The number of aliphatic carboxylic acids is 1. The van der Waals surface area contributed by atoms with Crippen LogP contribution in [0, 0.1) is 12.3 Å². The number of sulfonamides is 1. The zero-order chi connectivity index (χ0) is 19.5. The number of aliphatic imine (C=N–C) groups is 1. The molecule has 0 amide bonds. The van der Waals surface area contributed by atoms with Gasteiger partial charge in [0, 0.05) is 29.9 Å². The first kappa shape index (κ1) is 19.7. The minimum atomic E-state index is -3.89. The molecule has 0 radical (unpaired) electrons. The molecule has 0 fully saturated rings. The van der Waals surface area contributed by atoms with Crippen molar-refractivity contribution in [1.82, 2.24) is 9.29 Å². The lowest BCUT2D eigenvalue weighted by Gasteiger charge is -2.08. The molecule has 1 aromatic rings. The monoisotopic (exact) mass is 381 g/mol. The summed E-state index contributed by atoms with van der Waals surface area (Å²) >= 11 is 0. The number of hydrogen-bond acceptors (Lipinski definition) is 5. The summed E-state index contributed by atoms with van der Waals surface area (Å²) in [4.78, 5) is 14.6. The van der Waals surface area contributed by atoms with Gasteiger partial charge in [-0.25, -0.2) is 17.9 Å². The second kappa shape index (κ2) is 7.73. The topological polar surface area (TPSA) is 151 Å². The molecule has 0 saturated heterocycles. The van der Waals surface area contributed by atoms with Gasteiger partial charge in [0.2, 0.25) is 5.96 Å². The lowest BCUT2D eigenvalue weighted by Crippen LogP contribution is -2.40. The number of carboxylic acid groups (broad SMARTS) is 1. The highest BCUT2D eigenvalue weighted by molar-refractivity contribution is 7.90. The first-order valence-corrected chi connectivity index (χ1v) is 9.62. The van der Waals surface area contributed by atoms with Crippen LogP contribution in [0.15, 0.2) is 9.89 Å². The smallest absolute Gasteiger partial charge is 0.349 e. The Hall–Kier alpha value is -2.62. The van der Waals surface area contributed by atoms with Crippen molar-refractivity contribution < 1.29 is 18.3 Å². The van der Waals surface area contributed by atoms with Crippen molar-refractivity contribution in [3.05, 3.63) is 16.3 Å². The average molecular weight is 381 g/mol. The number of rotatable bonds is 7. The van der Waals surface area contributed by atoms with E-state index in [1.54, 1.807) is 6.92 Å². The van der Waals surface area contributed by atoms with Crippen molar-refractivity contribution in [3.8, 4) is 0 Å². The Morgan fingerprint density at radius 1 is 1.42 bits per heavy atom. The van der Waals surface area contributed by atoms with Gasteiger partial charge < -0.3 is 15.4 Å². The molecule has 5 N–H and O–H groups in total. The number of nitrogens with one attached hydrogen (secondary N) is 2. The molecule has 0 aliphatic heterocycles. The Morgan fingerprint density at radius 2 is 2.08 bits per heavy atom. The maximum absolute atomic E-state index is 12.7. The van der Waals surface area contributed by atoms with Gasteiger partial charge in [-0.3, -0.25) is 10.4 Å². The van der Waals surface area contributed by atoms with Gasteiger partial charge in [0.25, 0.3) is 10.0 Å². The van der Waals surface area contributed by atoms with E-state index in [4.69, 9.17) is 16.2 Å². The molecule has 1 aliphatic rings. The Balaban J connectivity index is 2.16. The fraction of sp³-hybridized carbons (Fsp3) is 0.438. The predicted octanol–water partition coefficient (Wildman–Crippen LogP) is -0.834. The molecule has 26 heavy (non-hydrogen) atoms. The Kier molecular flexibility index (Phi) is 5.86. The zero-order valence-electron chi connectivity index (χ0n) is 14.7. The predicted molar refractivity (Wildman–Crippen MR) is 99.0 cm³/mol. The zero-order valence-corrected chi connectivity index (χ0v) is 15.6. The second-order valence-corrected chi connectivity index (χ2v) is 7.64. The van der Waals surface area contributed by atoms with E-state index in [2.05, 4.69) is 9.71 Å². The van der Waals surface area contributed by atoms with Crippen molar-refractivity contribution in [3.63, 3.8) is 0 Å². The molecule has 1 aromatic heterocycles. The number of aromatic nitrogens is 1. The summed E-state index contributed by atoms with van der Waals surface area (Å²) in [5, 5.41) is 17.4. The number of nitrogens with two attached hydrogens (primary N) is 1. The van der Waals surface area contributed by atoms with Crippen LogP contribution in [0.1, 0.15) is 31.4 Å². The highest BCUT2D eigenvalue weighted by Crippen LogP contribution is 2.10. The van der Waals surface area contributed by atoms with Gasteiger partial charge in [-0.05, 0) is 32.6 Å². The van der Waals surface area contributed by atoms with Crippen LogP contribution in [0.5, 0.6) is 0 Å². The van der Waals surface area contributed by atoms with Gasteiger partial charge in [0.15, 0.2) is 0 Å². The molecule has 0 unspecified atom stereocenters. The van der Waals surface area contributed by atoms with Gasteiger partial charge in [0.05, 0.1) is 0 Å². The summed E-state index contributed by atoms with van der Waals surface area (Å²) in [6, 6.07) is 0. The van der Waals surface area contributed by atoms with Crippen molar-refractivity contribution in [2.24, 2.45) is 17.8 Å². The number of fused-ring (bicyclic) bond motifs is 1. The molecule has 2 rings (SSSR count). The van der Waals surface area contributed by atoms with E-state index in [1.807, 2.05) is 23.8 Å². The van der Waals surface area contributed by atoms with E-state index in [0.717, 1.165) is 18.2 Å². The third-order valence-electron chi connectivity index (χ3n) is 4.20. The summed E-state index contributed by atoms with van der Waals surface area (Å²) in [5.41, 5.74) is 5.86. The minimum Gasteiger partial charge on any atom is -0.477 e. The molecule has 142 valence electrons. The largest absolute Gasteiger partial charge is 0.477 e. The summed E-state index contributed by atoms with van der Waals surface area (Å²) in [7, 11) is -2.07. The molecule has 0 bridgehead atoms. The van der Waals surface area contributed by atoms with E-state index in [0.29, 0.717) is 10.9 Å². The van der Waals surface area contributed by atoms with Gasteiger partial charge in [-0.15, -0.1) is 0 Å². The normalized spacial score (nSPS) is 14.2. The van der Waals surface area contributed by atoms with Gasteiger partial charge in [-0.1, -0.05) is 12.2 Å². The van der Waals surface area contributed by atoms with Gasteiger partial charge in [-0.2, -0.15) is 0 Å². The summed E-state index contributed by atoms with van der Waals surface area (Å²) < 4.78 is 29.6. The van der Waals surface area contributed by atoms with Crippen LogP contribution in [0.4, 0.5) is 0 Å². The number of hydrogen-bond donors (Lipinski definition) is 4. The van der Waals surface area contributed by atoms with Gasteiger partial charge >= 0.3 is 5.97 Å². The highest BCUT2D eigenvalue weighted by Gasteiger charge is 2.24. The van der Waals surface area contributed by atoms with Crippen LogP contribution >= 0.6 is 0 Å². The Bertz CT molecular complexity index is 989. The van der Waals surface area contributed by atoms with Crippen molar-refractivity contribution in [2.75, 3.05) is 6.54 Å². The maximum Gasteiger partial charge on any atom is 0.349 e. The van der Waals surface area contributed by atoms with Gasteiger partial charge in [0.1, 0.15) is 10.6 Å². The van der Waals surface area contributed by atoms with Crippen LogP contribution in [0.2, 0.25) is 0 Å². The summed E-state index contributed by atoms with van der Waals surface area (Å²) in [6.45, 7) is 1.86. The first-order chi connectivity index (χ1) is 12.1. The third-order valence-corrected chi connectivity index (χ3v) is 5.73. The lowest BCUT2D eigenvalue weighted by atomic mass is 10.2. The van der Waals surface area contributed by atoms with Crippen LogP contribution < -0.4 is 21.0 Å². The summed E-state index contributed by atoms with van der Waals surface area (Å²) in [6.07, 6.45) is 5.88. The molecule has 0 saturated carbocycles. The Labute approximate surface area is 151 Å². The minimum absolute atomic E-state index is 0.0367. The Morgan fingerprint density at radius 3 is 2.73 bits per heavy atom. The lowest BCUT2D eigenvalue weighted by molar-refractivity contribution is -0.129. The number of carbonyl (C=O) groups is 1. The standard InChI is InChI=1S/C16H23N5O4S/c1-10-14(11-6-3-4-8-13(11)21(10)2)26(24,25)20-16(18)19-9-5-7-12(17)15(22)23/h6,8,17H,3-5,7,9H2,1-2H3,(H,22,23)(H3,18,19,20). The number of guanidine groups is 1. The third kappa shape index (κ3) is 4.13. The van der Waals surface area contributed by atoms with E-state index in [9.17, 15) is 13.2 Å². The molecular weight excluding hydrogens is 358 g/mol. The molecule has 1 heterocycles. The van der Waals surface area contributed by atoms with Crippen molar-refractivity contribution >= 4 is 39.8 Å². The van der Waals surface area contributed by atoms with Crippen LogP contribution in [-0.4, -0.2) is 42.3 Å². The van der Waals surface area contributed by atoms with E-state index >= 15 is 0 Å². The fourth-order valence-corrected chi connectivity index (χ4v) is 4.28. The molecule has 1 aliphatic carbocycles. The molecule has 10 heteroatoms. The number of carboxylic acids is 1. The second-order valence-electron chi connectivity index (χ2n) is 6.02. The van der Waals surface area contributed by atoms with Crippen LogP contribution in [0.3, 0.4) is 0 Å². The molecule has 0 atom stereocenters. The summed E-state index contributed by atoms with van der Waals surface area (Å²) in [5.74, 6) is -1.54. The molecule has 0 spiro atoms. The van der Waals surface area contributed by atoms with Crippen LogP contribution in [-0.2, 0) is 21.9 Å². The molecule has 0 aromatic carbocycles. The van der Waals surface area contributed by atoms with Crippen molar-refractivity contribution in [1.29, 1.82) is 5.41 Å².